The molecular formula is C13H14F2N2O2. The molecule has 1 heterocycles. The van der Waals surface area contributed by atoms with Crippen LogP contribution < -0.4 is 5.32 Å². The first-order valence-corrected chi connectivity index (χ1v) is 6.04. The molecule has 2 amide bonds. The Morgan fingerprint density at radius 1 is 1.32 bits per heavy atom. The second-order valence-electron chi connectivity index (χ2n) is 4.39. The van der Waals surface area contributed by atoms with Crippen LogP contribution >= 0.6 is 0 Å². The van der Waals surface area contributed by atoms with Gasteiger partial charge in [0, 0.05) is 32.1 Å². The van der Waals surface area contributed by atoms with Crippen molar-refractivity contribution in [2.75, 3.05) is 19.6 Å². The Balaban J connectivity index is 2.02. The first-order chi connectivity index (χ1) is 9.06. The van der Waals surface area contributed by atoms with Crippen LogP contribution in [0.25, 0.3) is 0 Å². The molecule has 4 nitrogen and oxygen atoms in total. The van der Waals surface area contributed by atoms with Gasteiger partial charge in [-0.25, -0.2) is 8.78 Å². The van der Waals surface area contributed by atoms with Crippen molar-refractivity contribution in [2.24, 2.45) is 0 Å². The molecule has 0 atom stereocenters. The Kier molecular flexibility index (Phi) is 4.09. The van der Waals surface area contributed by atoms with Crippen molar-refractivity contribution in [2.45, 2.75) is 12.8 Å². The molecule has 1 aliphatic heterocycles. The fraction of sp³-hybridized carbons (Fsp3) is 0.385. The molecule has 0 saturated carbocycles. The number of rotatable bonds is 2. The SMILES string of the molecule is O=C1CCN(C(=O)Cc2ccc(F)cc2F)CCN1. The van der Waals surface area contributed by atoms with Crippen molar-refractivity contribution in [3.63, 3.8) is 0 Å². The summed E-state index contributed by atoms with van der Waals surface area (Å²) in [6.45, 7) is 1.14. The van der Waals surface area contributed by atoms with Crippen LogP contribution in [0.15, 0.2) is 18.2 Å². The second-order valence-corrected chi connectivity index (χ2v) is 4.39. The van der Waals surface area contributed by atoms with E-state index in [-0.39, 0.29) is 30.2 Å². The van der Waals surface area contributed by atoms with Crippen molar-refractivity contribution >= 4 is 11.8 Å². The fourth-order valence-corrected chi connectivity index (χ4v) is 1.96. The van der Waals surface area contributed by atoms with Crippen molar-refractivity contribution in [3.8, 4) is 0 Å². The maximum Gasteiger partial charge on any atom is 0.227 e. The van der Waals surface area contributed by atoms with Gasteiger partial charge in [-0.15, -0.1) is 0 Å². The van der Waals surface area contributed by atoms with Gasteiger partial charge in [-0.3, -0.25) is 9.59 Å². The lowest BCUT2D eigenvalue weighted by molar-refractivity contribution is -0.130. The predicted octanol–water partition coefficient (Wildman–Crippen LogP) is 0.856. The number of nitrogens with zero attached hydrogens (tertiary/aromatic N) is 1. The quantitative estimate of drug-likeness (QED) is 0.864. The maximum absolute atomic E-state index is 13.4. The number of hydrogen-bond donors (Lipinski definition) is 1. The summed E-state index contributed by atoms with van der Waals surface area (Å²) in [6.07, 6.45) is 0.123. The third-order valence-electron chi connectivity index (χ3n) is 3.02. The molecule has 1 aromatic rings. The average molecular weight is 268 g/mol. The standard InChI is InChI=1S/C13H14F2N2O2/c14-10-2-1-9(11(15)8-10)7-13(19)17-5-3-12(18)16-4-6-17/h1-2,8H,3-7H2,(H,16,18). The molecule has 0 bridgehead atoms. The smallest absolute Gasteiger partial charge is 0.227 e. The highest BCUT2D eigenvalue weighted by molar-refractivity contribution is 5.81. The molecule has 0 unspecified atom stereocenters. The lowest BCUT2D eigenvalue weighted by Crippen LogP contribution is -2.35. The first kappa shape index (κ1) is 13.5. The third-order valence-corrected chi connectivity index (χ3v) is 3.02. The number of nitrogens with one attached hydrogen (secondary N) is 1. The van der Waals surface area contributed by atoms with Crippen molar-refractivity contribution in [3.05, 3.63) is 35.4 Å². The second kappa shape index (κ2) is 5.77. The number of hydrogen-bond acceptors (Lipinski definition) is 2. The van der Waals surface area contributed by atoms with E-state index in [0.717, 1.165) is 12.1 Å². The van der Waals surface area contributed by atoms with E-state index in [9.17, 15) is 18.4 Å². The Morgan fingerprint density at radius 3 is 2.84 bits per heavy atom. The van der Waals surface area contributed by atoms with Gasteiger partial charge in [0.05, 0.1) is 6.42 Å². The van der Waals surface area contributed by atoms with Crippen LogP contribution in [0.4, 0.5) is 8.78 Å². The molecular weight excluding hydrogens is 254 g/mol. The highest BCUT2D eigenvalue weighted by atomic mass is 19.1. The fourth-order valence-electron chi connectivity index (χ4n) is 1.96. The van der Waals surface area contributed by atoms with Crippen LogP contribution in [0.2, 0.25) is 0 Å². The largest absolute Gasteiger partial charge is 0.354 e. The van der Waals surface area contributed by atoms with Gasteiger partial charge in [0.1, 0.15) is 11.6 Å². The molecule has 0 radical (unpaired) electrons. The van der Waals surface area contributed by atoms with E-state index >= 15 is 0 Å². The molecule has 1 saturated heterocycles. The summed E-state index contributed by atoms with van der Waals surface area (Å²) >= 11 is 0. The van der Waals surface area contributed by atoms with Gasteiger partial charge in [-0.05, 0) is 11.6 Å². The lowest BCUT2D eigenvalue weighted by Gasteiger charge is -2.19. The maximum atomic E-state index is 13.4. The average Bonchev–Trinajstić information content (AvgIpc) is 2.57. The number of amides is 2. The zero-order chi connectivity index (χ0) is 13.8. The zero-order valence-electron chi connectivity index (χ0n) is 10.3. The number of carbonyl (C=O) groups is 2. The number of carbonyl (C=O) groups excluding carboxylic acids is 2. The van der Waals surface area contributed by atoms with Crippen LogP contribution in [-0.4, -0.2) is 36.3 Å². The summed E-state index contributed by atoms with van der Waals surface area (Å²) in [5, 5.41) is 2.66. The normalized spacial score (nSPS) is 15.9. The molecule has 0 spiro atoms. The number of halogens is 2. The Labute approximate surface area is 109 Å². The van der Waals surface area contributed by atoms with E-state index in [0.29, 0.717) is 19.6 Å². The molecule has 1 N–H and O–H groups in total. The Bertz CT molecular complexity index is 505. The summed E-state index contributed by atoms with van der Waals surface area (Å²) in [4.78, 5) is 24.7. The number of benzene rings is 1. The van der Waals surface area contributed by atoms with E-state index in [2.05, 4.69) is 5.32 Å². The van der Waals surface area contributed by atoms with Crippen LogP contribution in [0.5, 0.6) is 0 Å². The first-order valence-electron chi connectivity index (χ1n) is 6.04. The van der Waals surface area contributed by atoms with E-state index < -0.39 is 11.6 Å². The van der Waals surface area contributed by atoms with E-state index in [1.165, 1.54) is 11.0 Å². The minimum Gasteiger partial charge on any atom is -0.354 e. The van der Waals surface area contributed by atoms with Crippen molar-refractivity contribution in [1.82, 2.24) is 10.2 Å². The van der Waals surface area contributed by atoms with Crippen LogP contribution in [0, 0.1) is 11.6 Å². The minimum absolute atomic E-state index is 0.0942. The summed E-state index contributed by atoms with van der Waals surface area (Å²) in [7, 11) is 0. The van der Waals surface area contributed by atoms with E-state index in [1.807, 2.05) is 0 Å². The molecule has 2 rings (SSSR count). The molecule has 0 aromatic heterocycles. The summed E-state index contributed by atoms with van der Waals surface area (Å²) in [5.74, 6) is -1.75. The van der Waals surface area contributed by atoms with Gasteiger partial charge in [0.15, 0.2) is 0 Å². The molecule has 6 heteroatoms. The zero-order valence-corrected chi connectivity index (χ0v) is 10.3. The van der Waals surface area contributed by atoms with Gasteiger partial charge in [-0.1, -0.05) is 6.07 Å². The Hall–Kier alpha value is -1.98. The highest BCUT2D eigenvalue weighted by Crippen LogP contribution is 2.12. The monoisotopic (exact) mass is 268 g/mol. The highest BCUT2D eigenvalue weighted by Gasteiger charge is 2.19. The topological polar surface area (TPSA) is 49.4 Å². The summed E-state index contributed by atoms with van der Waals surface area (Å²) in [5.41, 5.74) is 0.162. The van der Waals surface area contributed by atoms with Crippen LogP contribution in [0.3, 0.4) is 0 Å². The van der Waals surface area contributed by atoms with Gasteiger partial charge < -0.3 is 10.2 Å². The molecule has 1 aromatic carbocycles. The third kappa shape index (κ3) is 3.49. The van der Waals surface area contributed by atoms with Crippen LogP contribution in [0.1, 0.15) is 12.0 Å². The van der Waals surface area contributed by atoms with Crippen molar-refractivity contribution in [1.29, 1.82) is 0 Å². The summed E-state index contributed by atoms with van der Waals surface area (Å²) in [6, 6.07) is 3.15. The molecule has 19 heavy (non-hydrogen) atoms. The van der Waals surface area contributed by atoms with Crippen molar-refractivity contribution < 1.29 is 18.4 Å². The minimum atomic E-state index is -0.725. The van der Waals surface area contributed by atoms with E-state index in [1.54, 1.807) is 0 Å². The summed E-state index contributed by atoms with van der Waals surface area (Å²) < 4.78 is 26.2. The van der Waals surface area contributed by atoms with Gasteiger partial charge >= 0.3 is 0 Å². The molecule has 102 valence electrons. The van der Waals surface area contributed by atoms with E-state index in [4.69, 9.17) is 0 Å². The van der Waals surface area contributed by atoms with Gasteiger partial charge in [0.2, 0.25) is 11.8 Å². The molecule has 0 aliphatic carbocycles. The predicted molar refractivity (Wildman–Crippen MR) is 64.3 cm³/mol. The van der Waals surface area contributed by atoms with Gasteiger partial charge in [-0.2, -0.15) is 0 Å². The lowest BCUT2D eigenvalue weighted by atomic mass is 10.1. The van der Waals surface area contributed by atoms with Gasteiger partial charge in [0.25, 0.3) is 0 Å². The molecule has 1 aliphatic rings. The molecule has 1 fully saturated rings. The Morgan fingerprint density at radius 2 is 2.11 bits per heavy atom. The van der Waals surface area contributed by atoms with Crippen LogP contribution in [-0.2, 0) is 16.0 Å².